The van der Waals surface area contributed by atoms with Crippen molar-refractivity contribution in [2.24, 2.45) is 5.11 Å². The Morgan fingerprint density at radius 3 is 2.55 bits per heavy atom. The number of rotatable bonds is 2. The monoisotopic (exact) mass is 147 g/mol. The van der Waals surface area contributed by atoms with Crippen LogP contribution in [0.15, 0.2) is 29.4 Å². The van der Waals surface area contributed by atoms with Gasteiger partial charge in [0.2, 0.25) is 0 Å². The number of ketones is 1. The molecular formula is C8H7N2O-. The van der Waals surface area contributed by atoms with E-state index in [2.05, 4.69) is 5.11 Å². The van der Waals surface area contributed by atoms with Crippen LogP contribution in [-0.2, 0) is 0 Å². The van der Waals surface area contributed by atoms with Gasteiger partial charge in [0.1, 0.15) is 0 Å². The maximum atomic E-state index is 10.9. The molecule has 0 heterocycles. The third kappa shape index (κ3) is 1.49. The number of carbonyl (C=O) groups is 1. The summed E-state index contributed by atoms with van der Waals surface area (Å²) in [6.45, 7) is 1.43. The molecule has 0 aromatic heterocycles. The zero-order valence-electron chi connectivity index (χ0n) is 6.11. The average Bonchev–Trinajstić information content (AvgIpc) is 2.04. The molecule has 1 aromatic carbocycles. The first kappa shape index (κ1) is 7.60. The Bertz CT molecular complexity index is 294. The summed E-state index contributed by atoms with van der Waals surface area (Å²) < 4.78 is 0. The van der Waals surface area contributed by atoms with Gasteiger partial charge in [-0.05, 0) is 19.1 Å². The number of hydrogen-bond donors (Lipinski definition) is 0. The average molecular weight is 147 g/mol. The Kier molecular flexibility index (Phi) is 2.11. The summed E-state index contributed by atoms with van der Waals surface area (Å²) >= 11 is 0. The van der Waals surface area contributed by atoms with Crippen LogP contribution in [0.2, 0.25) is 0 Å². The second kappa shape index (κ2) is 3.05. The van der Waals surface area contributed by atoms with Crippen molar-refractivity contribution in [1.82, 2.24) is 0 Å². The highest BCUT2D eigenvalue weighted by Gasteiger charge is 2.01. The number of carbonyl (C=O) groups excluding carboxylic acids is 1. The number of benzene rings is 1. The summed E-state index contributed by atoms with van der Waals surface area (Å²) in [4.78, 5) is 10.9. The third-order valence-electron chi connectivity index (χ3n) is 1.39. The van der Waals surface area contributed by atoms with E-state index in [0.717, 1.165) is 0 Å². The van der Waals surface area contributed by atoms with Gasteiger partial charge in [0.05, 0.1) is 5.69 Å². The van der Waals surface area contributed by atoms with Crippen molar-refractivity contribution in [3.05, 3.63) is 35.4 Å². The molecule has 0 amide bonds. The van der Waals surface area contributed by atoms with E-state index < -0.39 is 0 Å². The van der Waals surface area contributed by atoms with E-state index >= 15 is 0 Å². The van der Waals surface area contributed by atoms with E-state index in [-0.39, 0.29) is 5.78 Å². The molecule has 0 N–H and O–H groups in total. The number of hydrogen-bond acceptors (Lipinski definition) is 2. The molecule has 11 heavy (non-hydrogen) atoms. The normalized spacial score (nSPS) is 9.18. The van der Waals surface area contributed by atoms with Gasteiger partial charge in [-0.25, -0.2) is 0 Å². The van der Waals surface area contributed by atoms with Crippen molar-refractivity contribution in [2.75, 3.05) is 0 Å². The van der Waals surface area contributed by atoms with Crippen LogP contribution < -0.4 is 0 Å². The maximum absolute atomic E-state index is 10.9. The van der Waals surface area contributed by atoms with E-state index in [1.165, 1.54) is 6.92 Å². The first-order chi connectivity index (χ1) is 5.25. The van der Waals surface area contributed by atoms with Crippen molar-refractivity contribution in [3.8, 4) is 0 Å². The molecule has 0 saturated heterocycles. The van der Waals surface area contributed by atoms with E-state index in [1.54, 1.807) is 24.3 Å². The molecule has 0 saturated carbocycles. The fourth-order valence-corrected chi connectivity index (χ4v) is 0.859. The third-order valence-corrected chi connectivity index (χ3v) is 1.39. The quantitative estimate of drug-likeness (QED) is 0.468. The lowest BCUT2D eigenvalue weighted by Gasteiger charge is -2.01. The van der Waals surface area contributed by atoms with Crippen molar-refractivity contribution >= 4 is 11.5 Å². The lowest BCUT2D eigenvalue weighted by molar-refractivity contribution is 0.101. The molecule has 0 radical (unpaired) electrons. The van der Waals surface area contributed by atoms with Gasteiger partial charge in [0.15, 0.2) is 5.78 Å². The van der Waals surface area contributed by atoms with Gasteiger partial charge < -0.3 is 10.6 Å². The Morgan fingerprint density at radius 1 is 1.45 bits per heavy atom. The van der Waals surface area contributed by atoms with Crippen molar-refractivity contribution in [3.63, 3.8) is 0 Å². The van der Waals surface area contributed by atoms with Crippen LogP contribution in [-0.4, -0.2) is 5.78 Å². The molecule has 0 aliphatic carbocycles. The minimum Gasteiger partial charge on any atom is -0.706 e. The molecule has 3 heteroatoms. The standard InChI is InChI=1S/C8H7N2O/c1-6(11)7-4-2-3-5-8(7)10-9/h2-5H,1H3/q-1. The number of nitrogens with zero attached hydrogens (tertiary/aromatic N) is 2. The molecule has 0 unspecified atom stereocenters. The Labute approximate surface area is 64.6 Å². The highest BCUT2D eigenvalue weighted by molar-refractivity contribution is 5.98. The summed E-state index contributed by atoms with van der Waals surface area (Å²) in [5, 5.41) is 2.97. The summed E-state index contributed by atoms with van der Waals surface area (Å²) in [5.41, 5.74) is 9.20. The Hall–Kier alpha value is -1.51. The molecule has 56 valence electrons. The van der Waals surface area contributed by atoms with E-state index in [4.69, 9.17) is 5.53 Å². The Morgan fingerprint density at radius 2 is 2.09 bits per heavy atom. The van der Waals surface area contributed by atoms with Gasteiger partial charge in [-0.1, -0.05) is 12.1 Å². The lowest BCUT2D eigenvalue weighted by atomic mass is 10.1. The van der Waals surface area contributed by atoms with E-state index in [0.29, 0.717) is 11.3 Å². The molecule has 0 spiro atoms. The van der Waals surface area contributed by atoms with Crippen LogP contribution in [0.5, 0.6) is 0 Å². The first-order valence-corrected chi connectivity index (χ1v) is 3.21. The molecule has 0 fully saturated rings. The Balaban J connectivity index is 3.22. The van der Waals surface area contributed by atoms with Gasteiger partial charge in [-0.15, -0.1) is 0 Å². The van der Waals surface area contributed by atoms with Crippen molar-refractivity contribution < 1.29 is 4.79 Å². The zero-order chi connectivity index (χ0) is 8.27. The molecule has 1 rings (SSSR count). The second-order valence-corrected chi connectivity index (χ2v) is 2.17. The maximum Gasteiger partial charge on any atom is 0.161 e. The van der Waals surface area contributed by atoms with Crippen LogP contribution in [0.1, 0.15) is 17.3 Å². The lowest BCUT2D eigenvalue weighted by Crippen LogP contribution is -1.90. The van der Waals surface area contributed by atoms with Gasteiger partial charge in [0.25, 0.3) is 0 Å². The summed E-state index contributed by atoms with van der Waals surface area (Å²) in [7, 11) is 0. The van der Waals surface area contributed by atoms with Gasteiger partial charge >= 0.3 is 0 Å². The topological polar surface area (TPSA) is 51.7 Å². The summed E-state index contributed by atoms with van der Waals surface area (Å²) in [6, 6.07) is 6.64. The van der Waals surface area contributed by atoms with Crippen LogP contribution in [0, 0.1) is 0 Å². The fourth-order valence-electron chi connectivity index (χ4n) is 0.859. The minimum atomic E-state index is -0.0987. The summed E-state index contributed by atoms with van der Waals surface area (Å²) in [5.74, 6) is -0.0987. The van der Waals surface area contributed by atoms with Gasteiger partial charge in [0, 0.05) is 5.56 Å². The smallest absolute Gasteiger partial charge is 0.161 e. The first-order valence-electron chi connectivity index (χ1n) is 3.21. The molecule has 0 aliphatic heterocycles. The van der Waals surface area contributed by atoms with Crippen molar-refractivity contribution in [2.45, 2.75) is 6.92 Å². The highest BCUT2D eigenvalue weighted by atomic mass is 16.1. The van der Waals surface area contributed by atoms with Gasteiger partial charge in [-0.2, -0.15) is 0 Å². The molecule has 0 aliphatic rings. The van der Waals surface area contributed by atoms with Crippen molar-refractivity contribution in [1.29, 1.82) is 0 Å². The largest absolute Gasteiger partial charge is 0.706 e. The SMILES string of the molecule is CC(=O)c1ccccc1N=[N-]. The molecule has 0 bridgehead atoms. The second-order valence-electron chi connectivity index (χ2n) is 2.17. The van der Waals surface area contributed by atoms with E-state index in [1.807, 2.05) is 0 Å². The highest BCUT2D eigenvalue weighted by Crippen LogP contribution is 2.18. The molecular weight excluding hydrogens is 140 g/mol. The van der Waals surface area contributed by atoms with Crippen LogP contribution in [0.25, 0.3) is 5.53 Å². The van der Waals surface area contributed by atoms with Crippen LogP contribution >= 0.6 is 0 Å². The predicted molar refractivity (Wildman–Crippen MR) is 41.9 cm³/mol. The van der Waals surface area contributed by atoms with Crippen LogP contribution in [0.4, 0.5) is 5.69 Å². The predicted octanol–water partition coefficient (Wildman–Crippen LogP) is 2.54. The minimum absolute atomic E-state index is 0.0987. The molecule has 3 nitrogen and oxygen atoms in total. The fraction of sp³-hybridized carbons (Fsp3) is 0.125. The molecule has 1 aromatic rings. The number of Topliss-reactive ketones (excluding diaryl/α,β-unsaturated/α-hetero) is 1. The summed E-state index contributed by atoms with van der Waals surface area (Å²) in [6.07, 6.45) is 0. The zero-order valence-corrected chi connectivity index (χ0v) is 6.11. The van der Waals surface area contributed by atoms with E-state index in [9.17, 15) is 4.79 Å². The van der Waals surface area contributed by atoms with Gasteiger partial charge in [-0.3, -0.25) is 4.79 Å². The molecule has 0 atom stereocenters. The van der Waals surface area contributed by atoms with Crippen LogP contribution in [0.3, 0.4) is 0 Å².